The van der Waals surface area contributed by atoms with Crippen molar-refractivity contribution in [2.45, 2.75) is 57.8 Å². The summed E-state index contributed by atoms with van der Waals surface area (Å²) in [6.45, 7) is 0. The standard InChI is InChI=1S/C12H24N2O2/c1-14(16-13)12(15)11-9-7-5-3-2-4-6-8-10-11/h11H,2-10,13H2,1H3. The van der Waals surface area contributed by atoms with Gasteiger partial charge in [-0.15, -0.1) is 0 Å². The van der Waals surface area contributed by atoms with Crippen LogP contribution in [0.2, 0.25) is 0 Å². The number of carbonyl (C=O) groups excluding carboxylic acids is 1. The first kappa shape index (κ1) is 13.5. The minimum Gasteiger partial charge on any atom is -0.272 e. The summed E-state index contributed by atoms with van der Waals surface area (Å²) in [5.41, 5.74) is 0. The second-order valence-corrected chi connectivity index (χ2v) is 4.69. The van der Waals surface area contributed by atoms with Crippen LogP contribution in [0, 0.1) is 5.92 Å². The van der Waals surface area contributed by atoms with Crippen LogP contribution in [0.1, 0.15) is 57.8 Å². The van der Waals surface area contributed by atoms with Crippen molar-refractivity contribution in [3.8, 4) is 0 Å². The van der Waals surface area contributed by atoms with Crippen LogP contribution in [0.15, 0.2) is 0 Å². The zero-order chi connectivity index (χ0) is 11.8. The molecule has 0 aromatic carbocycles. The average molecular weight is 228 g/mol. The van der Waals surface area contributed by atoms with E-state index in [4.69, 9.17) is 5.90 Å². The molecule has 94 valence electrons. The maximum Gasteiger partial charge on any atom is 0.250 e. The lowest BCUT2D eigenvalue weighted by atomic mass is 9.91. The van der Waals surface area contributed by atoms with E-state index in [2.05, 4.69) is 4.94 Å². The lowest BCUT2D eigenvalue weighted by Gasteiger charge is -2.21. The van der Waals surface area contributed by atoms with Gasteiger partial charge in [0, 0.05) is 13.0 Å². The van der Waals surface area contributed by atoms with Crippen molar-refractivity contribution in [1.82, 2.24) is 5.06 Å². The highest BCUT2D eigenvalue weighted by Crippen LogP contribution is 2.22. The third kappa shape index (κ3) is 4.49. The van der Waals surface area contributed by atoms with E-state index in [1.54, 1.807) is 7.05 Å². The van der Waals surface area contributed by atoms with Gasteiger partial charge in [-0.2, -0.15) is 10.8 Å². The minimum absolute atomic E-state index is 0.0306. The summed E-state index contributed by atoms with van der Waals surface area (Å²) in [4.78, 5) is 16.4. The van der Waals surface area contributed by atoms with E-state index in [1.165, 1.54) is 32.1 Å². The number of nitrogens with two attached hydrogens (primary N) is 1. The molecule has 1 fully saturated rings. The van der Waals surface area contributed by atoms with E-state index in [0.717, 1.165) is 30.7 Å². The molecular formula is C12H24N2O2. The Morgan fingerprint density at radius 1 is 1.06 bits per heavy atom. The van der Waals surface area contributed by atoms with E-state index in [0.29, 0.717) is 0 Å². The van der Waals surface area contributed by atoms with E-state index < -0.39 is 0 Å². The molecule has 1 rings (SSSR count). The number of rotatable bonds is 2. The van der Waals surface area contributed by atoms with Gasteiger partial charge in [-0.3, -0.25) is 4.79 Å². The number of amides is 1. The molecule has 0 spiro atoms. The second-order valence-electron chi connectivity index (χ2n) is 4.69. The highest BCUT2D eigenvalue weighted by atomic mass is 16.8. The first-order valence-corrected chi connectivity index (χ1v) is 6.40. The monoisotopic (exact) mass is 228 g/mol. The Balaban J connectivity index is 2.43. The molecule has 0 aromatic heterocycles. The van der Waals surface area contributed by atoms with Crippen molar-refractivity contribution in [2.75, 3.05) is 7.05 Å². The summed E-state index contributed by atoms with van der Waals surface area (Å²) in [5, 5.41) is 1.16. The van der Waals surface area contributed by atoms with Crippen LogP contribution in [-0.2, 0) is 9.73 Å². The van der Waals surface area contributed by atoms with Crippen molar-refractivity contribution in [3.05, 3.63) is 0 Å². The molecule has 1 amide bonds. The van der Waals surface area contributed by atoms with Gasteiger partial charge < -0.3 is 0 Å². The first-order chi connectivity index (χ1) is 7.75. The van der Waals surface area contributed by atoms with E-state index in [-0.39, 0.29) is 11.8 Å². The molecule has 4 heteroatoms. The molecule has 0 atom stereocenters. The van der Waals surface area contributed by atoms with E-state index >= 15 is 0 Å². The Hall–Kier alpha value is -0.610. The summed E-state index contributed by atoms with van der Waals surface area (Å²) in [6.07, 6.45) is 10.7. The highest BCUT2D eigenvalue weighted by molar-refractivity contribution is 5.77. The molecule has 1 aliphatic rings. The third-order valence-electron chi connectivity index (χ3n) is 3.42. The zero-order valence-electron chi connectivity index (χ0n) is 10.3. The molecule has 1 saturated carbocycles. The quantitative estimate of drug-likeness (QED) is 0.738. The number of carbonyl (C=O) groups is 1. The summed E-state index contributed by atoms with van der Waals surface area (Å²) in [5.74, 6) is 5.14. The fourth-order valence-corrected chi connectivity index (χ4v) is 2.37. The molecule has 0 heterocycles. The van der Waals surface area contributed by atoms with Crippen LogP contribution in [0.5, 0.6) is 0 Å². The molecule has 0 radical (unpaired) electrons. The zero-order valence-corrected chi connectivity index (χ0v) is 10.3. The van der Waals surface area contributed by atoms with Gasteiger partial charge in [0.05, 0.1) is 0 Å². The molecule has 0 aliphatic heterocycles. The lowest BCUT2D eigenvalue weighted by molar-refractivity contribution is -0.185. The summed E-state index contributed by atoms with van der Waals surface area (Å²) in [7, 11) is 1.58. The van der Waals surface area contributed by atoms with E-state index in [1.807, 2.05) is 0 Å². The van der Waals surface area contributed by atoms with Crippen molar-refractivity contribution in [1.29, 1.82) is 0 Å². The van der Waals surface area contributed by atoms with Gasteiger partial charge in [0.25, 0.3) is 0 Å². The number of nitrogens with zero attached hydrogens (tertiary/aromatic N) is 1. The predicted octanol–water partition coefficient (Wildman–Crippen LogP) is 2.39. The third-order valence-corrected chi connectivity index (χ3v) is 3.42. The predicted molar refractivity (Wildman–Crippen MR) is 63.1 cm³/mol. The molecule has 16 heavy (non-hydrogen) atoms. The average Bonchev–Trinajstić information content (AvgIpc) is 2.34. The van der Waals surface area contributed by atoms with Crippen LogP contribution in [-0.4, -0.2) is 18.0 Å². The molecule has 0 unspecified atom stereocenters. The summed E-state index contributed by atoms with van der Waals surface area (Å²) in [6, 6.07) is 0. The van der Waals surface area contributed by atoms with Crippen molar-refractivity contribution < 1.29 is 9.73 Å². The Morgan fingerprint density at radius 3 is 1.94 bits per heavy atom. The highest BCUT2D eigenvalue weighted by Gasteiger charge is 2.22. The van der Waals surface area contributed by atoms with Gasteiger partial charge in [-0.25, -0.2) is 5.06 Å². The SMILES string of the molecule is CN(ON)C(=O)C1CCCCCCCCC1. The molecule has 0 saturated heterocycles. The fraction of sp³-hybridized carbons (Fsp3) is 0.917. The van der Waals surface area contributed by atoms with Crippen LogP contribution in [0.4, 0.5) is 0 Å². The van der Waals surface area contributed by atoms with Crippen molar-refractivity contribution in [2.24, 2.45) is 11.8 Å². The van der Waals surface area contributed by atoms with Crippen molar-refractivity contribution in [3.63, 3.8) is 0 Å². The van der Waals surface area contributed by atoms with Crippen LogP contribution < -0.4 is 5.90 Å². The van der Waals surface area contributed by atoms with Crippen LogP contribution >= 0.6 is 0 Å². The molecule has 4 nitrogen and oxygen atoms in total. The topological polar surface area (TPSA) is 55.6 Å². The second kappa shape index (κ2) is 7.63. The van der Waals surface area contributed by atoms with Gasteiger partial charge >= 0.3 is 0 Å². The Kier molecular flexibility index (Phi) is 6.42. The molecule has 1 aliphatic carbocycles. The van der Waals surface area contributed by atoms with Crippen LogP contribution in [0.25, 0.3) is 0 Å². The van der Waals surface area contributed by atoms with Gasteiger partial charge in [0.2, 0.25) is 5.91 Å². The molecule has 0 bridgehead atoms. The number of hydrogen-bond acceptors (Lipinski definition) is 3. The van der Waals surface area contributed by atoms with Crippen molar-refractivity contribution >= 4 is 5.91 Å². The van der Waals surface area contributed by atoms with Gasteiger partial charge in [0.15, 0.2) is 0 Å². The molecule has 0 aromatic rings. The lowest BCUT2D eigenvalue weighted by Crippen LogP contribution is -2.35. The van der Waals surface area contributed by atoms with Gasteiger partial charge in [-0.05, 0) is 12.8 Å². The number of hydrogen-bond donors (Lipinski definition) is 1. The summed E-state index contributed by atoms with van der Waals surface area (Å²) < 4.78 is 0. The Morgan fingerprint density at radius 2 is 1.50 bits per heavy atom. The van der Waals surface area contributed by atoms with Crippen LogP contribution in [0.3, 0.4) is 0 Å². The Bertz CT molecular complexity index is 199. The molecular weight excluding hydrogens is 204 g/mol. The largest absolute Gasteiger partial charge is 0.272 e. The Labute approximate surface area is 98.0 Å². The number of hydroxylamine groups is 2. The minimum atomic E-state index is 0.0306. The smallest absolute Gasteiger partial charge is 0.250 e. The van der Waals surface area contributed by atoms with Gasteiger partial charge in [0.1, 0.15) is 0 Å². The normalized spacial score (nSPS) is 20.4. The maximum absolute atomic E-state index is 11.9. The first-order valence-electron chi connectivity index (χ1n) is 6.40. The fourth-order valence-electron chi connectivity index (χ4n) is 2.37. The molecule has 2 N–H and O–H groups in total. The summed E-state index contributed by atoms with van der Waals surface area (Å²) >= 11 is 0. The van der Waals surface area contributed by atoms with Gasteiger partial charge in [-0.1, -0.05) is 44.9 Å². The maximum atomic E-state index is 11.9. The van der Waals surface area contributed by atoms with E-state index in [9.17, 15) is 4.79 Å².